The second-order valence-corrected chi connectivity index (χ2v) is 12.6. The number of aromatic nitrogens is 2. The van der Waals surface area contributed by atoms with Crippen LogP contribution in [-0.4, -0.2) is 27.5 Å². The number of carbonyl (C=O) groups is 1. The zero-order valence-electron chi connectivity index (χ0n) is 22.7. The van der Waals surface area contributed by atoms with Crippen LogP contribution in [0.2, 0.25) is 0 Å². The molecular weight excluding hydrogens is 470 g/mol. The van der Waals surface area contributed by atoms with Crippen LogP contribution in [0.4, 0.5) is 0 Å². The average molecular weight is 508 g/mol. The first-order chi connectivity index (χ1) is 18.4. The fourth-order valence-electron chi connectivity index (χ4n) is 7.55. The third kappa shape index (κ3) is 3.85. The van der Waals surface area contributed by atoms with Crippen LogP contribution in [0.15, 0.2) is 42.5 Å². The van der Waals surface area contributed by atoms with Gasteiger partial charge in [-0.3, -0.25) is 4.79 Å². The minimum Gasteiger partial charge on any atom is -0.487 e. The molecule has 1 aromatic heterocycles. The summed E-state index contributed by atoms with van der Waals surface area (Å²) >= 11 is 0. The number of hydrogen-bond acceptors (Lipinski definition) is 4. The predicted molar refractivity (Wildman–Crippen MR) is 153 cm³/mol. The Labute approximate surface area is 224 Å². The maximum Gasteiger partial charge on any atom is 0.251 e. The lowest BCUT2D eigenvalue weighted by Crippen LogP contribution is -2.46. The van der Waals surface area contributed by atoms with Gasteiger partial charge in [0, 0.05) is 33.9 Å². The van der Waals surface area contributed by atoms with E-state index in [1.54, 1.807) is 0 Å². The highest BCUT2D eigenvalue weighted by Gasteiger charge is 2.47. The molecule has 2 aliphatic carbocycles. The predicted octanol–water partition coefficient (Wildman–Crippen LogP) is 7.69. The molecule has 0 radical (unpaired) electrons. The number of hydrogen-bond donors (Lipinski definition) is 1. The number of nitrogens with zero attached hydrogens (tertiary/aromatic N) is 2. The Bertz CT molecular complexity index is 1570. The number of carbonyl (C=O) groups excluding carboxylic acids is 1. The van der Waals surface area contributed by atoms with Crippen molar-refractivity contribution in [3.63, 3.8) is 0 Å². The molecule has 5 nitrogen and oxygen atoms in total. The van der Waals surface area contributed by atoms with Crippen LogP contribution >= 0.6 is 0 Å². The molecule has 3 atom stereocenters. The van der Waals surface area contributed by atoms with Crippen LogP contribution in [0, 0.1) is 11.8 Å². The summed E-state index contributed by atoms with van der Waals surface area (Å²) < 4.78 is 6.87. The van der Waals surface area contributed by atoms with Gasteiger partial charge in [-0.05, 0) is 69.6 Å². The first kappa shape index (κ1) is 23.9. The van der Waals surface area contributed by atoms with E-state index in [2.05, 4.69) is 50.4 Å². The van der Waals surface area contributed by atoms with Crippen molar-refractivity contribution in [3.05, 3.63) is 53.6 Å². The number of nitrogens with one attached hydrogen (secondary N) is 1. The Balaban J connectivity index is 1.42. The Hall–Kier alpha value is -3.21. The lowest BCUT2D eigenvalue weighted by Gasteiger charge is -2.49. The van der Waals surface area contributed by atoms with Gasteiger partial charge in [0.25, 0.3) is 5.91 Å². The van der Waals surface area contributed by atoms with Gasteiger partial charge in [0.15, 0.2) is 0 Å². The number of benzene rings is 3. The molecule has 3 aromatic carbocycles. The molecule has 7 rings (SSSR count). The molecule has 0 saturated heterocycles. The van der Waals surface area contributed by atoms with Crippen LogP contribution in [0.5, 0.6) is 5.75 Å². The Morgan fingerprint density at radius 2 is 1.68 bits per heavy atom. The molecule has 38 heavy (non-hydrogen) atoms. The maximum atomic E-state index is 13.1. The molecule has 2 fully saturated rings. The molecule has 1 amide bonds. The van der Waals surface area contributed by atoms with E-state index >= 15 is 0 Å². The van der Waals surface area contributed by atoms with E-state index in [9.17, 15) is 4.79 Å². The van der Waals surface area contributed by atoms with Gasteiger partial charge in [0.2, 0.25) is 0 Å². The fraction of sp³-hybridized carbons (Fsp3) is 0.485. The molecule has 2 saturated carbocycles. The first-order valence-electron chi connectivity index (χ1n) is 14.5. The van der Waals surface area contributed by atoms with Crippen molar-refractivity contribution >= 4 is 38.7 Å². The van der Waals surface area contributed by atoms with Crippen LogP contribution in [0.1, 0.15) is 94.0 Å². The van der Waals surface area contributed by atoms with Crippen LogP contribution in [-0.2, 0) is 0 Å². The van der Waals surface area contributed by atoms with E-state index in [1.165, 1.54) is 37.7 Å². The minimum atomic E-state index is -0.233. The van der Waals surface area contributed by atoms with Gasteiger partial charge in [0.05, 0.1) is 22.1 Å². The SMILES string of the molecule is CC1CCC2C(C1)c1c(c3ccccc3c3nc4ccc(C(=O)NC5CCCCC5)cc4nc13)OC2(C)C. The highest BCUT2D eigenvalue weighted by Crippen LogP contribution is 2.56. The number of amides is 1. The lowest BCUT2D eigenvalue weighted by molar-refractivity contribution is -0.0115. The molecule has 3 unspecified atom stereocenters. The summed E-state index contributed by atoms with van der Waals surface area (Å²) in [7, 11) is 0. The molecule has 196 valence electrons. The van der Waals surface area contributed by atoms with Gasteiger partial charge in [-0.1, -0.05) is 56.9 Å². The second-order valence-electron chi connectivity index (χ2n) is 12.6. The summed E-state index contributed by atoms with van der Waals surface area (Å²) in [4.78, 5) is 23.6. The van der Waals surface area contributed by atoms with Crippen molar-refractivity contribution < 1.29 is 9.53 Å². The summed E-state index contributed by atoms with van der Waals surface area (Å²) in [6, 6.07) is 14.5. The Morgan fingerprint density at radius 3 is 2.50 bits per heavy atom. The fourth-order valence-corrected chi connectivity index (χ4v) is 7.55. The van der Waals surface area contributed by atoms with E-state index in [-0.39, 0.29) is 17.6 Å². The van der Waals surface area contributed by atoms with E-state index in [0.29, 0.717) is 23.3 Å². The smallest absolute Gasteiger partial charge is 0.251 e. The Kier molecular flexibility index (Phi) is 5.61. The summed E-state index contributed by atoms with van der Waals surface area (Å²) in [5.74, 6) is 2.47. The van der Waals surface area contributed by atoms with Crippen molar-refractivity contribution in [2.75, 3.05) is 0 Å². The number of fused-ring (bicyclic) bond motifs is 9. The van der Waals surface area contributed by atoms with Gasteiger partial charge in [-0.25, -0.2) is 9.97 Å². The molecule has 0 bridgehead atoms. The monoisotopic (exact) mass is 507 g/mol. The maximum absolute atomic E-state index is 13.1. The van der Waals surface area contributed by atoms with Crippen molar-refractivity contribution in [1.29, 1.82) is 0 Å². The molecule has 3 aliphatic rings. The molecule has 1 N–H and O–H groups in total. The summed E-state index contributed by atoms with van der Waals surface area (Å²) in [5, 5.41) is 5.45. The van der Waals surface area contributed by atoms with Crippen molar-refractivity contribution in [2.24, 2.45) is 11.8 Å². The molecule has 4 aromatic rings. The average Bonchev–Trinajstić information content (AvgIpc) is 2.92. The van der Waals surface area contributed by atoms with Crippen molar-refractivity contribution in [2.45, 2.75) is 89.7 Å². The van der Waals surface area contributed by atoms with E-state index in [0.717, 1.165) is 57.9 Å². The van der Waals surface area contributed by atoms with Gasteiger partial charge in [0.1, 0.15) is 11.4 Å². The summed E-state index contributed by atoms with van der Waals surface area (Å²) in [6.07, 6.45) is 9.34. The van der Waals surface area contributed by atoms with E-state index in [1.807, 2.05) is 18.2 Å². The van der Waals surface area contributed by atoms with Gasteiger partial charge in [-0.15, -0.1) is 0 Å². The van der Waals surface area contributed by atoms with E-state index < -0.39 is 0 Å². The lowest BCUT2D eigenvalue weighted by atomic mass is 9.64. The van der Waals surface area contributed by atoms with Crippen LogP contribution in [0.3, 0.4) is 0 Å². The molecule has 5 heteroatoms. The van der Waals surface area contributed by atoms with Crippen molar-refractivity contribution in [1.82, 2.24) is 15.3 Å². The topological polar surface area (TPSA) is 64.1 Å². The quantitative estimate of drug-likeness (QED) is 0.223. The highest BCUT2D eigenvalue weighted by molar-refractivity contribution is 6.11. The van der Waals surface area contributed by atoms with Crippen molar-refractivity contribution in [3.8, 4) is 5.75 Å². The third-order valence-corrected chi connectivity index (χ3v) is 9.53. The zero-order valence-corrected chi connectivity index (χ0v) is 22.7. The molecule has 0 spiro atoms. The second kappa shape index (κ2) is 8.93. The van der Waals surface area contributed by atoms with Gasteiger partial charge in [-0.2, -0.15) is 0 Å². The van der Waals surface area contributed by atoms with Gasteiger partial charge >= 0.3 is 0 Å². The molecular formula is C33H37N3O2. The van der Waals surface area contributed by atoms with Crippen LogP contribution < -0.4 is 10.1 Å². The minimum absolute atomic E-state index is 0.00695. The third-order valence-electron chi connectivity index (χ3n) is 9.53. The normalized spacial score (nSPS) is 25.1. The van der Waals surface area contributed by atoms with Gasteiger partial charge < -0.3 is 10.1 Å². The van der Waals surface area contributed by atoms with E-state index in [4.69, 9.17) is 14.7 Å². The Morgan fingerprint density at radius 1 is 0.921 bits per heavy atom. The largest absolute Gasteiger partial charge is 0.487 e. The standard InChI is InChI=1S/C33H37N3O2/c1-19-13-15-25-24(17-19)28-30-29(22-11-7-8-12-23(22)31(28)38-33(25,2)3)35-26-16-14-20(18-27(26)36-30)32(37)34-21-9-5-4-6-10-21/h7-8,11-12,14,16,18-19,21,24-25H,4-6,9-10,13,15,17H2,1-3H3,(H,34,37). The molecule has 2 heterocycles. The van der Waals surface area contributed by atoms with Crippen LogP contribution in [0.25, 0.3) is 32.8 Å². The summed E-state index contributed by atoms with van der Waals surface area (Å²) in [6.45, 7) is 6.89. The number of rotatable bonds is 2. The number of ether oxygens (including phenoxy) is 1. The highest BCUT2D eigenvalue weighted by atomic mass is 16.5. The molecule has 1 aliphatic heterocycles. The zero-order chi connectivity index (χ0) is 26.0. The summed E-state index contributed by atoms with van der Waals surface area (Å²) in [5.41, 5.74) is 5.12. The first-order valence-corrected chi connectivity index (χ1v) is 14.5.